The molecule has 166 valence electrons. The molecule has 1 aromatic rings. The molecule has 1 heterocycles. The van der Waals surface area contributed by atoms with E-state index in [1.54, 1.807) is 0 Å². The predicted octanol–water partition coefficient (Wildman–Crippen LogP) is 3.32. The standard InChI is InChI=1S/C20H32F3N5.HI/c1-4-24-19(26-18-10-11-28(14-18)15-20(21,22)23)25-12-16(2)27(3)13-17-8-6-5-7-9-17;/h5-9,16,18H,4,10-15H2,1-3H3,(H2,24,25,26);1H. The van der Waals surface area contributed by atoms with Crippen molar-refractivity contribution in [3.63, 3.8) is 0 Å². The van der Waals surface area contributed by atoms with Gasteiger partial charge < -0.3 is 10.6 Å². The van der Waals surface area contributed by atoms with Gasteiger partial charge in [-0.3, -0.25) is 14.8 Å². The molecule has 5 nitrogen and oxygen atoms in total. The molecule has 0 aliphatic carbocycles. The number of nitrogens with zero attached hydrogens (tertiary/aromatic N) is 3. The fourth-order valence-corrected chi connectivity index (χ4v) is 3.25. The highest BCUT2D eigenvalue weighted by molar-refractivity contribution is 14.0. The first-order valence-corrected chi connectivity index (χ1v) is 9.85. The van der Waals surface area contributed by atoms with Crippen LogP contribution in [0.4, 0.5) is 13.2 Å². The molecule has 0 spiro atoms. The maximum Gasteiger partial charge on any atom is 0.401 e. The average Bonchev–Trinajstić information content (AvgIpc) is 3.05. The Bertz CT molecular complexity index is 612. The zero-order chi connectivity index (χ0) is 20.6. The van der Waals surface area contributed by atoms with Gasteiger partial charge in [-0.05, 0) is 32.9 Å². The summed E-state index contributed by atoms with van der Waals surface area (Å²) in [6.07, 6.45) is -3.46. The van der Waals surface area contributed by atoms with E-state index in [-0.39, 0.29) is 36.1 Å². The third kappa shape index (κ3) is 9.99. The lowest BCUT2D eigenvalue weighted by atomic mass is 10.2. The Kier molecular flexibility index (Phi) is 11.3. The number of hydrogen-bond donors (Lipinski definition) is 2. The first-order chi connectivity index (χ1) is 13.3. The van der Waals surface area contributed by atoms with E-state index < -0.39 is 12.7 Å². The van der Waals surface area contributed by atoms with Crippen LogP contribution in [0.3, 0.4) is 0 Å². The maximum atomic E-state index is 12.6. The van der Waals surface area contributed by atoms with Crippen LogP contribution >= 0.6 is 24.0 Å². The van der Waals surface area contributed by atoms with Crippen molar-refractivity contribution in [2.45, 2.75) is 45.1 Å². The van der Waals surface area contributed by atoms with E-state index in [1.807, 2.05) is 25.1 Å². The van der Waals surface area contributed by atoms with Gasteiger partial charge in [-0.1, -0.05) is 30.3 Å². The van der Waals surface area contributed by atoms with E-state index in [9.17, 15) is 13.2 Å². The van der Waals surface area contributed by atoms with Crippen molar-refractivity contribution in [1.82, 2.24) is 20.4 Å². The number of likely N-dealkylation sites (tertiary alicyclic amines) is 1. The van der Waals surface area contributed by atoms with Crippen LogP contribution in [0.5, 0.6) is 0 Å². The van der Waals surface area contributed by atoms with Crippen LogP contribution in [0.1, 0.15) is 25.8 Å². The highest BCUT2D eigenvalue weighted by Crippen LogP contribution is 2.19. The molecule has 0 radical (unpaired) electrons. The highest BCUT2D eigenvalue weighted by atomic mass is 127. The summed E-state index contributed by atoms with van der Waals surface area (Å²) in [4.78, 5) is 8.33. The van der Waals surface area contributed by atoms with Crippen LogP contribution in [0.15, 0.2) is 35.3 Å². The molecular formula is C20H33F3IN5. The van der Waals surface area contributed by atoms with Crippen molar-refractivity contribution >= 4 is 29.9 Å². The number of rotatable bonds is 8. The zero-order valence-electron chi connectivity index (χ0n) is 17.4. The van der Waals surface area contributed by atoms with E-state index in [0.717, 1.165) is 6.54 Å². The minimum Gasteiger partial charge on any atom is -0.357 e. The number of aliphatic imine (C=N–C) groups is 1. The topological polar surface area (TPSA) is 42.9 Å². The van der Waals surface area contributed by atoms with Gasteiger partial charge in [-0.15, -0.1) is 24.0 Å². The summed E-state index contributed by atoms with van der Waals surface area (Å²) in [6.45, 7) is 6.25. The lowest BCUT2D eigenvalue weighted by Crippen LogP contribution is -2.45. The van der Waals surface area contributed by atoms with Crippen LogP contribution in [-0.2, 0) is 6.54 Å². The third-order valence-corrected chi connectivity index (χ3v) is 4.90. The van der Waals surface area contributed by atoms with Gasteiger partial charge >= 0.3 is 6.18 Å². The summed E-state index contributed by atoms with van der Waals surface area (Å²) in [5.74, 6) is 0.668. The van der Waals surface area contributed by atoms with E-state index in [4.69, 9.17) is 0 Å². The summed E-state index contributed by atoms with van der Waals surface area (Å²) in [6, 6.07) is 10.5. The smallest absolute Gasteiger partial charge is 0.357 e. The van der Waals surface area contributed by atoms with Gasteiger partial charge in [0.2, 0.25) is 0 Å². The highest BCUT2D eigenvalue weighted by Gasteiger charge is 2.34. The second-order valence-electron chi connectivity index (χ2n) is 7.45. The van der Waals surface area contributed by atoms with Gasteiger partial charge in [-0.2, -0.15) is 13.2 Å². The van der Waals surface area contributed by atoms with Gasteiger partial charge in [-0.25, -0.2) is 0 Å². The number of guanidine groups is 1. The number of alkyl halides is 3. The number of halogens is 4. The normalized spacial score (nSPS) is 19.1. The molecule has 9 heteroatoms. The van der Waals surface area contributed by atoms with Gasteiger partial charge in [0, 0.05) is 38.3 Å². The van der Waals surface area contributed by atoms with Crippen molar-refractivity contribution < 1.29 is 13.2 Å². The van der Waals surface area contributed by atoms with Gasteiger partial charge in [0.15, 0.2) is 5.96 Å². The lowest BCUT2D eigenvalue weighted by molar-refractivity contribution is -0.143. The quantitative estimate of drug-likeness (QED) is 0.310. The van der Waals surface area contributed by atoms with Crippen LogP contribution in [-0.4, -0.2) is 73.8 Å². The molecule has 0 aromatic heterocycles. The SMILES string of the molecule is CCNC(=NCC(C)N(C)Cc1ccccc1)NC1CCN(CC(F)(F)F)C1.I. The molecule has 2 rings (SSSR count). The fourth-order valence-electron chi connectivity index (χ4n) is 3.25. The Labute approximate surface area is 189 Å². The summed E-state index contributed by atoms with van der Waals surface area (Å²) in [7, 11) is 2.07. The predicted molar refractivity (Wildman–Crippen MR) is 123 cm³/mol. The molecule has 0 bridgehead atoms. The molecule has 1 aliphatic heterocycles. The fraction of sp³-hybridized carbons (Fsp3) is 0.650. The number of hydrogen-bond acceptors (Lipinski definition) is 3. The Morgan fingerprint density at radius 2 is 2.00 bits per heavy atom. The largest absolute Gasteiger partial charge is 0.401 e. The van der Waals surface area contributed by atoms with Crippen LogP contribution in [0.2, 0.25) is 0 Å². The van der Waals surface area contributed by atoms with Gasteiger partial charge in [0.25, 0.3) is 0 Å². The molecule has 2 atom stereocenters. The minimum atomic E-state index is -4.15. The minimum absolute atomic E-state index is 0. The molecule has 2 unspecified atom stereocenters. The Morgan fingerprint density at radius 1 is 1.31 bits per heavy atom. The lowest BCUT2D eigenvalue weighted by Gasteiger charge is -2.24. The summed E-state index contributed by atoms with van der Waals surface area (Å²) < 4.78 is 37.7. The number of likely N-dealkylation sites (N-methyl/N-ethyl adjacent to an activating group) is 1. The van der Waals surface area contributed by atoms with Gasteiger partial charge in [0.05, 0.1) is 13.1 Å². The molecule has 1 aliphatic rings. The number of nitrogens with one attached hydrogen (secondary N) is 2. The Morgan fingerprint density at radius 3 is 2.62 bits per heavy atom. The molecule has 1 fully saturated rings. The summed E-state index contributed by atoms with van der Waals surface area (Å²) >= 11 is 0. The van der Waals surface area contributed by atoms with Gasteiger partial charge in [0.1, 0.15) is 0 Å². The summed E-state index contributed by atoms with van der Waals surface area (Å²) in [5, 5.41) is 6.48. The first-order valence-electron chi connectivity index (χ1n) is 9.85. The van der Waals surface area contributed by atoms with E-state index >= 15 is 0 Å². The monoisotopic (exact) mass is 527 g/mol. The third-order valence-electron chi connectivity index (χ3n) is 4.90. The molecule has 2 N–H and O–H groups in total. The second kappa shape index (κ2) is 12.6. The molecule has 0 saturated carbocycles. The van der Waals surface area contributed by atoms with Crippen molar-refractivity contribution in [2.75, 3.05) is 39.8 Å². The Balaban J connectivity index is 0.00000420. The van der Waals surface area contributed by atoms with Crippen LogP contribution in [0, 0.1) is 0 Å². The van der Waals surface area contributed by atoms with Crippen molar-refractivity contribution in [1.29, 1.82) is 0 Å². The van der Waals surface area contributed by atoms with Crippen LogP contribution in [0.25, 0.3) is 0 Å². The molecule has 29 heavy (non-hydrogen) atoms. The van der Waals surface area contributed by atoms with Crippen LogP contribution < -0.4 is 10.6 Å². The van der Waals surface area contributed by atoms with E-state index in [2.05, 4.69) is 46.6 Å². The first kappa shape index (κ1) is 26.0. The van der Waals surface area contributed by atoms with E-state index in [1.165, 1.54) is 10.5 Å². The second-order valence-corrected chi connectivity index (χ2v) is 7.45. The number of benzene rings is 1. The summed E-state index contributed by atoms with van der Waals surface area (Å²) in [5.41, 5.74) is 1.25. The molecule has 1 saturated heterocycles. The Hall–Kier alpha value is -1.07. The average molecular weight is 527 g/mol. The van der Waals surface area contributed by atoms with Crippen molar-refractivity contribution in [3.8, 4) is 0 Å². The van der Waals surface area contributed by atoms with E-state index in [0.29, 0.717) is 38.6 Å². The zero-order valence-corrected chi connectivity index (χ0v) is 19.7. The molecule has 1 aromatic carbocycles. The molecule has 0 amide bonds. The molecular weight excluding hydrogens is 494 g/mol. The van der Waals surface area contributed by atoms with Crippen molar-refractivity contribution in [3.05, 3.63) is 35.9 Å². The van der Waals surface area contributed by atoms with Crippen molar-refractivity contribution in [2.24, 2.45) is 4.99 Å². The maximum absolute atomic E-state index is 12.6.